The van der Waals surface area contributed by atoms with E-state index >= 15 is 0 Å². The molecule has 148 valence electrons. The first-order valence-corrected chi connectivity index (χ1v) is 11.7. The lowest BCUT2D eigenvalue weighted by Crippen LogP contribution is -2.50. The van der Waals surface area contributed by atoms with Crippen molar-refractivity contribution >= 4 is 39.8 Å². The molecule has 0 amide bonds. The minimum Gasteiger partial charge on any atom is -0.357 e. The summed E-state index contributed by atoms with van der Waals surface area (Å²) in [6.45, 7) is 5.72. The van der Waals surface area contributed by atoms with Gasteiger partial charge in [-0.25, -0.2) is 8.42 Å². The Morgan fingerprint density at radius 2 is 1.76 bits per heavy atom. The number of sulfone groups is 1. The highest BCUT2D eigenvalue weighted by molar-refractivity contribution is 14.0. The molecule has 0 atom stereocenters. The van der Waals surface area contributed by atoms with Gasteiger partial charge in [-0.3, -0.25) is 4.99 Å². The van der Waals surface area contributed by atoms with Gasteiger partial charge in [-0.1, -0.05) is 25.7 Å². The molecular weight excluding hydrogens is 449 g/mol. The number of halogens is 1. The van der Waals surface area contributed by atoms with Crippen molar-refractivity contribution in [2.45, 2.75) is 64.7 Å². The van der Waals surface area contributed by atoms with Crippen LogP contribution >= 0.6 is 24.0 Å². The number of likely N-dealkylation sites (tertiary alicyclic amines) is 1. The molecule has 25 heavy (non-hydrogen) atoms. The fraction of sp³-hybridized carbons (Fsp3) is 0.944. The van der Waals surface area contributed by atoms with E-state index in [1.165, 1.54) is 57.6 Å². The number of hydrogen-bond acceptors (Lipinski definition) is 3. The Balaban J connectivity index is 0.00000312. The highest BCUT2D eigenvalue weighted by Crippen LogP contribution is 2.42. The maximum Gasteiger partial charge on any atom is 0.193 e. The van der Waals surface area contributed by atoms with Crippen LogP contribution in [-0.4, -0.2) is 57.5 Å². The van der Waals surface area contributed by atoms with Crippen molar-refractivity contribution in [3.05, 3.63) is 0 Å². The molecular formula is C18H36IN3O2S. The number of piperidine rings is 1. The molecule has 1 aliphatic heterocycles. The van der Waals surface area contributed by atoms with Crippen molar-refractivity contribution in [2.24, 2.45) is 10.4 Å². The van der Waals surface area contributed by atoms with Crippen molar-refractivity contribution in [2.75, 3.05) is 38.2 Å². The molecule has 0 aromatic heterocycles. The quantitative estimate of drug-likeness (QED) is 0.281. The number of rotatable bonds is 5. The number of nitrogens with one attached hydrogen (secondary N) is 1. The van der Waals surface area contributed by atoms with Crippen LogP contribution in [-0.2, 0) is 9.84 Å². The second-order valence-corrected chi connectivity index (χ2v) is 9.92. The molecule has 1 saturated heterocycles. The molecule has 0 aromatic rings. The Morgan fingerprint density at radius 3 is 2.36 bits per heavy atom. The SMILES string of the molecule is CCNC(=NCCCS(C)(=O)=O)N1CCCC2(CCCCCC2)C1.I. The summed E-state index contributed by atoms with van der Waals surface area (Å²) in [5.41, 5.74) is 0.484. The van der Waals surface area contributed by atoms with E-state index in [2.05, 4.69) is 17.1 Å². The first-order valence-electron chi connectivity index (χ1n) is 9.65. The molecule has 0 aromatic carbocycles. The number of hydrogen-bond donors (Lipinski definition) is 1. The zero-order valence-electron chi connectivity index (χ0n) is 15.9. The summed E-state index contributed by atoms with van der Waals surface area (Å²) in [6, 6.07) is 0. The lowest BCUT2D eigenvalue weighted by molar-refractivity contribution is 0.115. The van der Waals surface area contributed by atoms with Gasteiger partial charge in [0.05, 0.1) is 5.75 Å². The van der Waals surface area contributed by atoms with E-state index in [9.17, 15) is 8.42 Å². The van der Waals surface area contributed by atoms with Gasteiger partial charge in [-0.05, 0) is 44.4 Å². The fourth-order valence-electron chi connectivity index (χ4n) is 4.21. The smallest absolute Gasteiger partial charge is 0.193 e. The molecule has 1 heterocycles. The van der Waals surface area contributed by atoms with E-state index in [1.54, 1.807) is 0 Å². The van der Waals surface area contributed by atoms with Gasteiger partial charge in [0.2, 0.25) is 0 Å². The second kappa shape index (κ2) is 10.9. The van der Waals surface area contributed by atoms with Crippen LogP contribution in [0.15, 0.2) is 4.99 Å². The van der Waals surface area contributed by atoms with Gasteiger partial charge < -0.3 is 10.2 Å². The minimum absolute atomic E-state index is 0. The standard InChI is InChI=1S/C18H35N3O2S.HI/c1-3-19-17(20-13-9-15-24(2,22)23)21-14-8-12-18(16-21)10-6-4-5-7-11-18;/h3-16H2,1-2H3,(H,19,20);1H. The predicted octanol–water partition coefficient (Wildman–Crippen LogP) is 3.44. The van der Waals surface area contributed by atoms with Crippen LogP contribution < -0.4 is 5.32 Å². The van der Waals surface area contributed by atoms with Crippen LogP contribution in [0.25, 0.3) is 0 Å². The van der Waals surface area contributed by atoms with Crippen molar-refractivity contribution in [3.63, 3.8) is 0 Å². The Morgan fingerprint density at radius 1 is 1.12 bits per heavy atom. The number of aliphatic imine (C=N–C) groups is 1. The zero-order chi connectivity index (χ0) is 17.5. The van der Waals surface area contributed by atoms with Crippen LogP contribution in [0.3, 0.4) is 0 Å². The van der Waals surface area contributed by atoms with Gasteiger partial charge >= 0.3 is 0 Å². The molecule has 0 radical (unpaired) electrons. The third kappa shape index (κ3) is 8.01. The van der Waals surface area contributed by atoms with Crippen LogP contribution in [0.4, 0.5) is 0 Å². The van der Waals surface area contributed by atoms with E-state index < -0.39 is 9.84 Å². The maximum atomic E-state index is 11.3. The third-order valence-corrected chi connectivity index (χ3v) is 6.43. The highest BCUT2D eigenvalue weighted by Gasteiger charge is 2.36. The predicted molar refractivity (Wildman–Crippen MR) is 117 cm³/mol. The molecule has 0 bridgehead atoms. The van der Waals surface area contributed by atoms with Gasteiger partial charge in [-0.2, -0.15) is 0 Å². The lowest BCUT2D eigenvalue weighted by Gasteiger charge is -2.44. The Hall–Kier alpha value is -0.0500. The Bertz CT molecular complexity index is 514. The summed E-state index contributed by atoms with van der Waals surface area (Å²) in [5.74, 6) is 1.20. The van der Waals surface area contributed by atoms with Gasteiger partial charge in [0.15, 0.2) is 5.96 Å². The second-order valence-electron chi connectivity index (χ2n) is 7.66. The molecule has 1 N–H and O–H groups in total. The zero-order valence-corrected chi connectivity index (χ0v) is 19.1. The van der Waals surface area contributed by atoms with Crippen molar-refractivity contribution in [3.8, 4) is 0 Å². The third-order valence-electron chi connectivity index (χ3n) is 5.39. The molecule has 1 saturated carbocycles. The first kappa shape index (κ1) is 23.0. The first-order chi connectivity index (χ1) is 11.4. The Labute approximate surface area is 171 Å². The summed E-state index contributed by atoms with van der Waals surface area (Å²) in [7, 11) is -2.89. The average Bonchev–Trinajstić information content (AvgIpc) is 2.75. The Kier molecular flexibility index (Phi) is 10.1. The van der Waals surface area contributed by atoms with Crippen LogP contribution in [0.5, 0.6) is 0 Å². The van der Waals surface area contributed by atoms with Gasteiger partial charge in [-0.15, -0.1) is 24.0 Å². The summed E-state index contributed by atoms with van der Waals surface area (Å²) < 4.78 is 22.5. The minimum atomic E-state index is -2.89. The summed E-state index contributed by atoms with van der Waals surface area (Å²) in [4.78, 5) is 7.14. The fourth-order valence-corrected chi connectivity index (χ4v) is 4.87. The molecule has 7 heteroatoms. The van der Waals surface area contributed by atoms with Crippen LogP contribution in [0.2, 0.25) is 0 Å². The van der Waals surface area contributed by atoms with Crippen LogP contribution in [0, 0.1) is 5.41 Å². The largest absolute Gasteiger partial charge is 0.357 e. The van der Waals surface area contributed by atoms with Gasteiger partial charge in [0, 0.05) is 32.4 Å². The summed E-state index contributed by atoms with van der Waals surface area (Å²) in [5, 5.41) is 3.41. The molecule has 2 aliphatic rings. The normalized spacial score (nSPS) is 21.5. The molecule has 0 unspecified atom stereocenters. The molecule has 2 rings (SSSR count). The molecule has 1 spiro atoms. The molecule has 5 nitrogen and oxygen atoms in total. The monoisotopic (exact) mass is 485 g/mol. The summed E-state index contributed by atoms with van der Waals surface area (Å²) >= 11 is 0. The maximum absolute atomic E-state index is 11.3. The van der Waals surface area contributed by atoms with E-state index in [0.717, 1.165) is 25.6 Å². The van der Waals surface area contributed by atoms with Gasteiger partial charge in [0.1, 0.15) is 9.84 Å². The molecule has 2 fully saturated rings. The van der Waals surface area contributed by atoms with E-state index in [0.29, 0.717) is 18.4 Å². The van der Waals surface area contributed by atoms with Crippen molar-refractivity contribution in [1.29, 1.82) is 0 Å². The molecule has 1 aliphatic carbocycles. The van der Waals surface area contributed by atoms with Gasteiger partial charge in [0.25, 0.3) is 0 Å². The topological polar surface area (TPSA) is 61.8 Å². The highest BCUT2D eigenvalue weighted by atomic mass is 127. The van der Waals surface area contributed by atoms with Crippen molar-refractivity contribution in [1.82, 2.24) is 10.2 Å². The van der Waals surface area contributed by atoms with Crippen molar-refractivity contribution < 1.29 is 8.42 Å². The van der Waals surface area contributed by atoms with Crippen LogP contribution in [0.1, 0.15) is 64.7 Å². The van der Waals surface area contributed by atoms with E-state index in [4.69, 9.17) is 4.99 Å². The van der Waals surface area contributed by atoms with E-state index in [-0.39, 0.29) is 29.7 Å². The number of guanidine groups is 1. The number of nitrogens with zero attached hydrogens (tertiary/aromatic N) is 2. The van der Waals surface area contributed by atoms with E-state index in [1.807, 2.05) is 0 Å². The summed E-state index contributed by atoms with van der Waals surface area (Å²) in [6.07, 6.45) is 12.7. The lowest BCUT2D eigenvalue weighted by atomic mass is 9.74. The average molecular weight is 485 g/mol.